The molecular weight excluding hydrogens is 704 g/mol. The first-order valence-corrected chi connectivity index (χ1v) is 17.9. The third-order valence-electron chi connectivity index (χ3n) is 9.55. The van der Waals surface area contributed by atoms with E-state index in [1.165, 1.54) is 0 Å². The monoisotopic (exact) mass is 742 g/mol. The summed E-state index contributed by atoms with van der Waals surface area (Å²) in [7, 11) is 0. The van der Waals surface area contributed by atoms with Crippen LogP contribution in [0.15, 0.2) is 121 Å². The summed E-state index contributed by atoms with van der Waals surface area (Å²) in [6, 6.07) is 35.5. The smallest absolute Gasteiger partial charge is 0.338 e. The van der Waals surface area contributed by atoms with Gasteiger partial charge in [0.25, 0.3) is 0 Å². The molecule has 276 valence electrons. The second kappa shape index (κ2) is 16.1. The Labute approximate surface area is 311 Å². The number of esters is 2. The van der Waals surface area contributed by atoms with Crippen LogP contribution in [-0.4, -0.2) is 90.8 Å². The maximum Gasteiger partial charge on any atom is 0.338 e. The number of hydrogen-bond donors (Lipinski definition) is 2. The van der Waals surface area contributed by atoms with Gasteiger partial charge in [-0.3, -0.25) is 0 Å². The lowest BCUT2D eigenvalue weighted by Crippen LogP contribution is -2.67. The number of carbonyl (C=O) groups excluding carboxylic acids is 2. The van der Waals surface area contributed by atoms with E-state index in [0.29, 0.717) is 5.56 Å². The van der Waals surface area contributed by atoms with Gasteiger partial charge in [-0.25, -0.2) is 9.59 Å². The van der Waals surface area contributed by atoms with Gasteiger partial charge in [0, 0.05) is 11.1 Å². The maximum absolute atomic E-state index is 13.5. The van der Waals surface area contributed by atoms with Crippen LogP contribution in [-0.2, 0) is 42.6 Å². The molecule has 12 nitrogen and oxygen atoms in total. The molecular formula is C40H38O12S. The van der Waals surface area contributed by atoms with E-state index < -0.39 is 85.1 Å². The fourth-order valence-electron chi connectivity index (χ4n) is 6.89. The maximum atomic E-state index is 13.5. The van der Waals surface area contributed by atoms with Crippen LogP contribution in [0.1, 0.15) is 44.4 Å². The van der Waals surface area contributed by atoms with Gasteiger partial charge in [0.2, 0.25) is 0 Å². The number of aliphatic hydroxyl groups excluding tert-OH is 1. The second-order valence-electron chi connectivity index (χ2n) is 13.0. The molecule has 6 unspecified atom stereocenters. The van der Waals surface area contributed by atoms with E-state index in [0.717, 1.165) is 11.1 Å². The summed E-state index contributed by atoms with van der Waals surface area (Å²) < 4.78 is 56.3. The predicted molar refractivity (Wildman–Crippen MR) is 188 cm³/mol. The van der Waals surface area contributed by atoms with Crippen molar-refractivity contribution >= 4 is 24.6 Å². The number of benzene rings is 4. The first kappa shape index (κ1) is 35.9. The molecule has 0 radical (unpaired) electrons. The Kier molecular flexibility index (Phi) is 10.9. The summed E-state index contributed by atoms with van der Waals surface area (Å²) in [6.07, 6.45) is -11.5. The molecule has 4 aliphatic heterocycles. The van der Waals surface area contributed by atoms with Crippen LogP contribution in [0.5, 0.6) is 0 Å². The highest BCUT2D eigenvalue weighted by Crippen LogP contribution is 2.41. The number of carbonyl (C=O) groups is 2. The van der Waals surface area contributed by atoms with Gasteiger partial charge >= 0.3 is 11.9 Å². The largest absolute Gasteiger partial charge is 0.452 e. The highest BCUT2D eigenvalue weighted by atomic mass is 32.1. The van der Waals surface area contributed by atoms with E-state index in [1.54, 1.807) is 60.7 Å². The Hall–Kier alpha value is -4.15. The van der Waals surface area contributed by atoms with Gasteiger partial charge in [-0.2, -0.15) is 0 Å². The minimum Gasteiger partial charge on any atom is -0.452 e. The Morgan fingerprint density at radius 2 is 1.02 bits per heavy atom. The summed E-state index contributed by atoms with van der Waals surface area (Å²) in [6.45, 7) is 0.136. The molecule has 0 aromatic heterocycles. The molecule has 53 heavy (non-hydrogen) atoms. The molecule has 13 heteroatoms. The van der Waals surface area contributed by atoms with E-state index >= 15 is 0 Å². The second-order valence-corrected chi connectivity index (χ2v) is 13.5. The minimum absolute atomic E-state index is 0.0301. The van der Waals surface area contributed by atoms with Crippen molar-refractivity contribution in [2.75, 3.05) is 13.2 Å². The van der Waals surface area contributed by atoms with Gasteiger partial charge in [-0.05, 0) is 24.3 Å². The SMILES string of the molecule is O=C(O[C@H]1C(O)[C@@H]2OC(c3ccccc3)OCC2O[C@H]1OC1[C@@H]2OC(c3ccccc3)OCC2O[C@@H](S)[C@H]1OC(=O)c1ccccc1)c1ccccc1. The van der Waals surface area contributed by atoms with E-state index in [9.17, 15) is 14.7 Å². The van der Waals surface area contributed by atoms with Gasteiger partial charge in [-0.15, -0.1) is 12.6 Å². The van der Waals surface area contributed by atoms with Crippen LogP contribution in [0, 0.1) is 0 Å². The summed E-state index contributed by atoms with van der Waals surface area (Å²) in [4.78, 5) is 27.0. The molecule has 1 N–H and O–H groups in total. The average molecular weight is 743 g/mol. The molecule has 0 spiro atoms. The van der Waals surface area contributed by atoms with E-state index in [4.69, 9.17) is 42.6 Å². The third kappa shape index (κ3) is 7.76. The molecule has 4 heterocycles. The van der Waals surface area contributed by atoms with Crippen LogP contribution in [0.3, 0.4) is 0 Å². The zero-order valence-electron chi connectivity index (χ0n) is 28.3. The molecule has 0 amide bonds. The van der Waals surface area contributed by atoms with E-state index in [1.807, 2.05) is 60.7 Å². The van der Waals surface area contributed by atoms with Gasteiger partial charge in [0.1, 0.15) is 42.1 Å². The lowest BCUT2D eigenvalue weighted by atomic mass is 9.95. The highest BCUT2D eigenvalue weighted by Gasteiger charge is 2.57. The van der Waals surface area contributed by atoms with Crippen molar-refractivity contribution < 1.29 is 57.3 Å². The van der Waals surface area contributed by atoms with Crippen LogP contribution < -0.4 is 0 Å². The Bertz CT molecular complexity index is 1820. The molecule has 8 rings (SSSR count). The molecule has 0 saturated carbocycles. The van der Waals surface area contributed by atoms with E-state index in [-0.39, 0.29) is 18.8 Å². The van der Waals surface area contributed by atoms with Crippen molar-refractivity contribution in [3.63, 3.8) is 0 Å². The van der Waals surface area contributed by atoms with Gasteiger partial charge in [0.15, 0.2) is 31.1 Å². The third-order valence-corrected chi connectivity index (χ3v) is 9.97. The number of thiol groups is 1. The number of fused-ring (bicyclic) bond motifs is 2. The first-order chi connectivity index (χ1) is 25.9. The number of ether oxygens (including phenoxy) is 9. The van der Waals surface area contributed by atoms with Crippen LogP contribution >= 0.6 is 12.6 Å². The zero-order chi connectivity index (χ0) is 36.3. The lowest BCUT2D eigenvalue weighted by Gasteiger charge is -2.51. The van der Waals surface area contributed by atoms with Crippen molar-refractivity contribution in [3.05, 3.63) is 144 Å². The normalized spacial score (nSPS) is 33.8. The standard InChI is InChI=1S/C40H38O12S/c41-29-30-27(21-44-37(50-30)25-17-9-3-10-18-25)46-39(32(29)48-35(42)23-13-5-1-6-14-23)52-33-31-28(22-45-38(51-31)26-19-11-4-12-20-26)47-40(53)34(33)49-36(43)24-15-7-2-8-16-24/h1-20,27-34,37-41,53H,21-22H2/t27?,28?,29?,30-,31-,32+,33?,34+,37?,38?,39+,40+/m1/s1. The molecule has 4 saturated heterocycles. The van der Waals surface area contributed by atoms with Gasteiger partial charge in [-0.1, -0.05) is 97.1 Å². The van der Waals surface area contributed by atoms with Crippen molar-refractivity contribution in [3.8, 4) is 0 Å². The summed E-state index contributed by atoms with van der Waals surface area (Å²) in [5, 5.41) is 12.0. The topological polar surface area (TPSA) is 137 Å². The van der Waals surface area contributed by atoms with Gasteiger partial charge in [0.05, 0.1) is 24.3 Å². The van der Waals surface area contributed by atoms with Crippen molar-refractivity contribution in [1.29, 1.82) is 0 Å². The number of aliphatic hydroxyl groups is 1. The van der Waals surface area contributed by atoms with Crippen LogP contribution in [0.4, 0.5) is 0 Å². The van der Waals surface area contributed by atoms with Crippen LogP contribution in [0.2, 0.25) is 0 Å². The first-order valence-electron chi connectivity index (χ1n) is 17.4. The summed E-state index contributed by atoms with van der Waals surface area (Å²) >= 11 is 4.69. The highest BCUT2D eigenvalue weighted by molar-refractivity contribution is 7.80. The Balaban J connectivity index is 1.12. The molecule has 12 atom stereocenters. The fraction of sp³-hybridized carbons (Fsp3) is 0.350. The van der Waals surface area contributed by atoms with Crippen molar-refractivity contribution in [2.24, 2.45) is 0 Å². The molecule has 4 aliphatic rings. The molecule has 4 fully saturated rings. The molecule has 0 bridgehead atoms. The molecule has 0 aliphatic carbocycles. The summed E-state index contributed by atoms with van der Waals surface area (Å²) in [5.41, 5.74) is 1.06. The van der Waals surface area contributed by atoms with Crippen molar-refractivity contribution in [2.45, 2.75) is 73.1 Å². The Morgan fingerprint density at radius 1 is 0.566 bits per heavy atom. The fourth-order valence-corrected chi connectivity index (χ4v) is 7.28. The van der Waals surface area contributed by atoms with Gasteiger partial charge < -0.3 is 47.7 Å². The Morgan fingerprint density at radius 3 is 1.55 bits per heavy atom. The predicted octanol–water partition coefficient (Wildman–Crippen LogP) is 4.79. The summed E-state index contributed by atoms with van der Waals surface area (Å²) in [5.74, 6) is -1.36. The molecule has 4 aromatic rings. The zero-order valence-corrected chi connectivity index (χ0v) is 29.2. The minimum atomic E-state index is -1.43. The lowest BCUT2D eigenvalue weighted by molar-refractivity contribution is -0.387. The number of rotatable bonds is 8. The number of hydrogen-bond acceptors (Lipinski definition) is 13. The van der Waals surface area contributed by atoms with Crippen LogP contribution in [0.25, 0.3) is 0 Å². The quantitative estimate of drug-likeness (QED) is 0.190. The average Bonchev–Trinajstić information content (AvgIpc) is 3.21. The molecule has 4 aromatic carbocycles. The van der Waals surface area contributed by atoms with Crippen molar-refractivity contribution in [1.82, 2.24) is 0 Å². The van der Waals surface area contributed by atoms with E-state index in [2.05, 4.69) is 12.6 Å².